The molecule has 0 bridgehead atoms. The topological polar surface area (TPSA) is 59.8 Å². The van der Waals surface area contributed by atoms with E-state index in [2.05, 4.69) is 15.4 Å². The first kappa shape index (κ1) is 12.1. The van der Waals surface area contributed by atoms with Crippen LogP contribution in [-0.4, -0.2) is 26.7 Å². The number of aromatic nitrogens is 3. The number of nitrogens with zero attached hydrogens (tertiary/aromatic N) is 3. The average Bonchev–Trinajstić information content (AvgIpc) is 3.12. The fraction of sp³-hybridized carbons (Fsp3) is 0.500. The summed E-state index contributed by atoms with van der Waals surface area (Å²) in [5, 5.41) is 8.38. The van der Waals surface area contributed by atoms with Gasteiger partial charge in [-0.05, 0) is 39.7 Å². The molecule has 5 nitrogen and oxygen atoms in total. The van der Waals surface area contributed by atoms with Gasteiger partial charge in [0.25, 0.3) is 5.91 Å². The maximum absolute atomic E-state index is 12.3. The molecule has 0 spiro atoms. The molecule has 3 rings (SSSR count). The van der Waals surface area contributed by atoms with Crippen LogP contribution in [0.15, 0.2) is 6.07 Å². The molecule has 0 atom stereocenters. The molecule has 1 amide bonds. The second-order valence-corrected chi connectivity index (χ2v) is 5.16. The lowest BCUT2D eigenvalue weighted by Crippen LogP contribution is -2.25. The van der Waals surface area contributed by atoms with E-state index in [1.54, 1.807) is 0 Å². The van der Waals surface area contributed by atoms with Gasteiger partial charge in [-0.2, -0.15) is 5.10 Å². The molecule has 1 aliphatic carbocycles. The zero-order valence-corrected chi connectivity index (χ0v) is 11.5. The van der Waals surface area contributed by atoms with Crippen LogP contribution >= 0.6 is 0 Å². The second kappa shape index (κ2) is 4.33. The van der Waals surface area contributed by atoms with Crippen LogP contribution < -0.4 is 5.32 Å². The Morgan fingerprint density at radius 2 is 2.21 bits per heavy atom. The zero-order chi connectivity index (χ0) is 13.6. The van der Waals surface area contributed by atoms with Crippen LogP contribution in [0.5, 0.6) is 0 Å². The molecule has 2 aromatic rings. The predicted molar refractivity (Wildman–Crippen MR) is 73.2 cm³/mol. The van der Waals surface area contributed by atoms with Gasteiger partial charge in [-0.25, -0.2) is 9.67 Å². The van der Waals surface area contributed by atoms with Crippen LogP contribution in [0, 0.1) is 13.8 Å². The SMILES string of the molecule is CCn1nc(C)c2c(C(=O)NC3CC3)cc(C)nc21. The fourth-order valence-electron chi connectivity index (χ4n) is 2.37. The highest BCUT2D eigenvalue weighted by atomic mass is 16.1. The molecule has 5 heteroatoms. The van der Waals surface area contributed by atoms with Gasteiger partial charge in [0.15, 0.2) is 5.65 Å². The van der Waals surface area contributed by atoms with Gasteiger partial charge in [0.2, 0.25) is 0 Å². The van der Waals surface area contributed by atoms with Crippen molar-refractivity contribution in [1.29, 1.82) is 0 Å². The number of carbonyl (C=O) groups is 1. The summed E-state index contributed by atoms with van der Waals surface area (Å²) in [5.41, 5.74) is 3.22. The van der Waals surface area contributed by atoms with Crippen LogP contribution in [0.3, 0.4) is 0 Å². The fourth-order valence-corrected chi connectivity index (χ4v) is 2.37. The monoisotopic (exact) mass is 258 g/mol. The van der Waals surface area contributed by atoms with E-state index in [4.69, 9.17) is 0 Å². The van der Waals surface area contributed by atoms with Gasteiger partial charge in [-0.1, -0.05) is 0 Å². The highest BCUT2D eigenvalue weighted by molar-refractivity contribution is 6.06. The quantitative estimate of drug-likeness (QED) is 0.915. The Labute approximate surface area is 112 Å². The summed E-state index contributed by atoms with van der Waals surface area (Å²) >= 11 is 0. The van der Waals surface area contributed by atoms with Gasteiger partial charge < -0.3 is 5.32 Å². The summed E-state index contributed by atoms with van der Waals surface area (Å²) in [4.78, 5) is 16.9. The summed E-state index contributed by atoms with van der Waals surface area (Å²) in [5.74, 6) is -0.00301. The number of pyridine rings is 1. The minimum atomic E-state index is -0.00301. The molecule has 1 fully saturated rings. The lowest BCUT2D eigenvalue weighted by Gasteiger charge is -2.07. The molecule has 2 aromatic heterocycles. The summed E-state index contributed by atoms with van der Waals surface area (Å²) < 4.78 is 1.85. The van der Waals surface area contributed by atoms with Crippen LogP contribution in [0.2, 0.25) is 0 Å². The third-order valence-corrected chi connectivity index (χ3v) is 3.46. The Morgan fingerprint density at radius 1 is 1.47 bits per heavy atom. The van der Waals surface area contributed by atoms with E-state index >= 15 is 0 Å². The van der Waals surface area contributed by atoms with E-state index in [0.717, 1.165) is 41.8 Å². The van der Waals surface area contributed by atoms with Gasteiger partial charge in [0, 0.05) is 18.3 Å². The number of fused-ring (bicyclic) bond motifs is 1. The molecular weight excluding hydrogens is 240 g/mol. The van der Waals surface area contributed by atoms with Gasteiger partial charge >= 0.3 is 0 Å². The molecular formula is C14H18N4O. The zero-order valence-electron chi connectivity index (χ0n) is 11.5. The van der Waals surface area contributed by atoms with Gasteiger partial charge in [0.1, 0.15) is 0 Å². The number of amides is 1. The van der Waals surface area contributed by atoms with Gasteiger partial charge in [-0.15, -0.1) is 0 Å². The minimum absolute atomic E-state index is 0.00301. The minimum Gasteiger partial charge on any atom is -0.349 e. The normalized spacial score (nSPS) is 14.9. The Kier molecular flexibility index (Phi) is 2.77. The molecule has 0 saturated heterocycles. The number of aryl methyl sites for hydroxylation is 3. The van der Waals surface area contributed by atoms with Crippen LogP contribution in [-0.2, 0) is 6.54 Å². The van der Waals surface area contributed by atoms with Crippen molar-refractivity contribution in [2.24, 2.45) is 0 Å². The van der Waals surface area contributed by atoms with Crippen molar-refractivity contribution >= 4 is 16.9 Å². The summed E-state index contributed by atoms with van der Waals surface area (Å²) in [6.45, 7) is 6.62. The van der Waals surface area contributed by atoms with Crippen molar-refractivity contribution in [2.75, 3.05) is 0 Å². The first-order valence-electron chi connectivity index (χ1n) is 6.75. The Hall–Kier alpha value is -1.91. The smallest absolute Gasteiger partial charge is 0.252 e. The largest absolute Gasteiger partial charge is 0.349 e. The van der Waals surface area contributed by atoms with E-state index < -0.39 is 0 Å². The molecule has 2 heterocycles. The third kappa shape index (κ3) is 2.09. The van der Waals surface area contributed by atoms with Crippen molar-refractivity contribution in [2.45, 2.75) is 46.2 Å². The molecule has 0 radical (unpaired) electrons. The van der Waals surface area contributed by atoms with E-state index in [9.17, 15) is 4.79 Å². The van der Waals surface area contributed by atoms with Crippen molar-refractivity contribution in [3.8, 4) is 0 Å². The molecule has 1 N–H and O–H groups in total. The highest BCUT2D eigenvalue weighted by Crippen LogP contribution is 2.24. The van der Waals surface area contributed by atoms with Crippen molar-refractivity contribution in [1.82, 2.24) is 20.1 Å². The molecule has 19 heavy (non-hydrogen) atoms. The van der Waals surface area contributed by atoms with Crippen LogP contribution in [0.25, 0.3) is 11.0 Å². The Morgan fingerprint density at radius 3 is 2.84 bits per heavy atom. The van der Waals surface area contributed by atoms with E-state index in [1.807, 2.05) is 31.5 Å². The van der Waals surface area contributed by atoms with E-state index in [-0.39, 0.29) is 5.91 Å². The highest BCUT2D eigenvalue weighted by Gasteiger charge is 2.26. The number of hydrogen-bond acceptors (Lipinski definition) is 3. The first-order valence-corrected chi connectivity index (χ1v) is 6.75. The molecule has 1 saturated carbocycles. The van der Waals surface area contributed by atoms with Crippen molar-refractivity contribution < 1.29 is 4.79 Å². The lowest BCUT2D eigenvalue weighted by atomic mass is 10.1. The molecule has 1 aliphatic rings. The van der Waals surface area contributed by atoms with Crippen LogP contribution in [0.1, 0.15) is 41.5 Å². The summed E-state index contributed by atoms with van der Waals surface area (Å²) in [6, 6.07) is 2.21. The lowest BCUT2D eigenvalue weighted by molar-refractivity contribution is 0.0952. The number of rotatable bonds is 3. The second-order valence-electron chi connectivity index (χ2n) is 5.16. The Balaban J connectivity index is 2.16. The van der Waals surface area contributed by atoms with Crippen LogP contribution in [0.4, 0.5) is 0 Å². The van der Waals surface area contributed by atoms with Gasteiger partial charge in [0.05, 0.1) is 16.6 Å². The number of carbonyl (C=O) groups excluding carboxylic acids is 1. The average molecular weight is 258 g/mol. The van der Waals surface area contributed by atoms with Gasteiger partial charge in [-0.3, -0.25) is 4.79 Å². The molecule has 0 aromatic carbocycles. The molecule has 100 valence electrons. The molecule has 0 unspecified atom stereocenters. The maximum Gasteiger partial charge on any atom is 0.252 e. The van der Waals surface area contributed by atoms with E-state index in [0.29, 0.717) is 11.6 Å². The first-order chi connectivity index (χ1) is 9.10. The summed E-state index contributed by atoms with van der Waals surface area (Å²) in [6.07, 6.45) is 2.18. The van der Waals surface area contributed by atoms with Crippen molar-refractivity contribution in [3.05, 3.63) is 23.0 Å². The summed E-state index contributed by atoms with van der Waals surface area (Å²) in [7, 11) is 0. The third-order valence-electron chi connectivity index (χ3n) is 3.46. The molecule has 0 aliphatic heterocycles. The predicted octanol–water partition coefficient (Wildman–Crippen LogP) is 1.96. The number of hydrogen-bond donors (Lipinski definition) is 1. The van der Waals surface area contributed by atoms with Crippen molar-refractivity contribution in [3.63, 3.8) is 0 Å². The Bertz CT molecular complexity index is 655. The number of nitrogens with one attached hydrogen (secondary N) is 1. The standard InChI is InChI=1S/C14H18N4O/c1-4-18-13-12(9(3)17-18)11(7-8(2)15-13)14(19)16-10-5-6-10/h7,10H,4-6H2,1-3H3,(H,16,19). The maximum atomic E-state index is 12.3. The van der Waals surface area contributed by atoms with E-state index in [1.165, 1.54) is 0 Å².